The van der Waals surface area contributed by atoms with Gasteiger partial charge in [0.15, 0.2) is 12.2 Å². The lowest BCUT2D eigenvalue weighted by molar-refractivity contribution is -0.258. The van der Waals surface area contributed by atoms with Crippen LogP contribution in [0.5, 0.6) is 0 Å². The SMILES string of the molecule is CC(=O)CCC(=O)O[C@H]1[C@H](OC(C)=O)[C@@H](N=[N+]=[N-])C(OC(=N)C(Cl)(Cl)Cl)O[C@@H]1COCc1ccccc1. The van der Waals surface area contributed by atoms with Crippen LogP contribution in [0.4, 0.5) is 0 Å². The normalized spacial score (nSPS) is 23.3. The molecule has 0 spiro atoms. The summed E-state index contributed by atoms with van der Waals surface area (Å²) < 4.78 is 25.5. The molecule has 1 aliphatic heterocycles. The third kappa shape index (κ3) is 9.99. The highest BCUT2D eigenvalue weighted by Gasteiger charge is 2.52. The van der Waals surface area contributed by atoms with E-state index in [0.29, 0.717) is 0 Å². The molecule has 1 aromatic carbocycles. The molecule has 1 aliphatic rings. The van der Waals surface area contributed by atoms with Crippen molar-refractivity contribution in [1.82, 2.24) is 0 Å². The van der Waals surface area contributed by atoms with Crippen molar-refractivity contribution in [3.63, 3.8) is 0 Å². The highest BCUT2D eigenvalue weighted by atomic mass is 35.6. The number of carbonyl (C=O) groups is 3. The third-order valence-electron chi connectivity index (χ3n) is 4.94. The number of hydrogen-bond acceptors (Lipinski definition) is 10. The van der Waals surface area contributed by atoms with Crippen molar-refractivity contribution in [2.45, 2.75) is 67.7 Å². The van der Waals surface area contributed by atoms with E-state index in [4.69, 9.17) is 69.4 Å². The molecule has 0 aliphatic carbocycles. The van der Waals surface area contributed by atoms with Gasteiger partial charge in [0.2, 0.25) is 12.2 Å². The van der Waals surface area contributed by atoms with Gasteiger partial charge >= 0.3 is 11.9 Å². The second kappa shape index (κ2) is 14.4. The van der Waals surface area contributed by atoms with Crippen LogP contribution in [0.25, 0.3) is 10.4 Å². The zero-order valence-electron chi connectivity index (χ0n) is 19.8. The van der Waals surface area contributed by atoms with E-state index in [0.717, 1.165) is 12.5 Å². The zero-order valence-corrected chi connectivity index (χ0v) is 22.1. The van der Waals surface area contributed by atoms with Crippen LogP contribution in [0.1, 0.15) is 32.3 Å². The lowest BCUT2D eigenvalue weighted by Crippen LogP contribution is -2.61. The average Bonchev–Trinajstić information content (AvgIpc) is 2.81. The molecule has 1 aromatic rings. The first-order valence-corrected chi connectivity index (χ1v) is 12.1. The third-order valence-corrected chi connectivity index (χ3v) is 5.45. The topological polar surface area (TPSA) is 170 Å². The lowest BCUT2D eigenvalue weighted by Gasteiger charge is -2.43. The first kappa shape index (κ1) is 30.6. The van der Waals surface area contributed by atoms with Crippen LogP contribution in [-0.4, -0.2) is 64.7 Å². The fraction of sp³-hybridized carbons (Fsp3) is 0.545. The number of ether oxygens (including phenoxy) is 5. The molecular weight excluding hydrogens is 555 g/mol. The van der Waals surface area contributed by atoms with Gasteiger partial charge in [0.1, 0.15) is 17.9 Å². The second-order valence-corrected chi connectivity index (χ2v) is 10.2. The van der Waals surface area contributed by atoms with Crippen LogP contribution >= 0.6 is 34.8 Å². The van der Waals surface area contributed by atoms with Gasteiger partial charge in [-0.3, -0.25) is 15.0 Å². The average molecular weight is 580 g/mol. The summed E-state index contributed by atoms with van der Waals surface area (Å²) in [6.07, 6.45) is -5.82. The number of azide groups is 1. The predicted octanol–water partition coefficient (Wildman–Crippen LogP) is 4.18. The van der Waals surface area contributed by atoms with Gasteiger partial charge in [0, 0.05) is 18.3 Å². The number of hydrogen-bond donors (Lipinski definition) is 1. The number of ketones is 1. The van der Waals surface area contributed by atoms with Crippen molar-refractivity contribution in [3.05, 3.63) is 46.3 Å². The van der Waals surface area contributed by atoms with E-state index < -0.39 is 52.3 Å². The molecule has 0 bridgehead atoms. The molecule has 1 saturated heterocycles. The zero-order chi connectivity index (χ0) is 27.6. The number of halogens is 3. The molecule has 0 radical (unpaired) electrons. The molecule has 37 heavy (non-hydrogen) atoms. The van der Waals surface area contributed by atoms with E-state index in [2.05, 4.69) is 10.0 Å². The van der Waals surface area contributed by atoms with Crippen LogP contribution in [0, 0.1) is 5.41 Å². The Morgan fingerprint density at radius 3 is 2.32 bits per heavy atom. The molecular formula is C22H25Cl3N4O8. The molecule has 15 heteroatoms. The Morgan fingerprint density at radius 2 is 1.76 bits per heavy atom. The number of alkyl halides is 3. The van der Waals surface area contributed by atoms with Crippen molar-refractivity contribution >= 4 is 58.4 Å². The monoisotopic (exact) mass is 578 g/mol. The van der Waals surface area contributed by atoms with Crippen LogP contribution < -0.4 is 0 Å². The number of carbonyl (C=O) groups excluding carboxylic acids is 3. The first-order valence-electron chi connectivity index (χ1n) is 10.9. The van der Waals surface area contributed by atoms with Crippen LogP contribution in [0.15, 0.2) is 35.4 Å². The maximum absolute atomic E-state index is 12.5. The van der Waals surface area contributed by atoms with Gasteiger partial charge in [-0.25, -0.2) is 0 Å². The summed E-state index contributed by atoms with van der Waals surface area (Å²) >= 11 is 17.1. The maximum Gasteiger partial charge on any atom is 0.306 e. The first-order chi connectivity index (χ1) is 17.4. The summed E-state index contributed by atoms with van der Waals surface area (Å²) in [4.78, 5) is 38.5. The number of Topliss-reactive ketones (excluding diaryl/α,β-unsaturated/α-hetero) is 1. The summed E-state index contributed by atoms with van der Waals surface area (Å²) in [5.74, 6) is -2.68. The highest BCUT2D eigenvalue weighted by Crippen LogP contribution is 2.34. The van der Waals surface area contributed by atoms with Crippen LogP contribution in [0.3, 0.4) is 0 Å². The highest BCUT2D eigenvalue weighted by molar-refractivity contribution is 6.76. The van der Waals surface area contributed by atoms with Crippen LogP contribution in [0.2, 0.25) is 0 Å². The van der Waals surface area contributed by atoms with Crippen molar-refractivity contribution < 1.29 is 38.1 Å². The molecule has 0 aromatic heterocycles. The van der Waals surface area contributed by atoms with Gasteiger partial charge in [-0.2, -0.15) is 0 Å². The Bertz CT molecular complexity index is 1020. The molecule has 0 amide bonds. The molecule has 2 rings (SSSR count). The molecule has 5 atom stereocenters. The number of nitrogens with zero attached hydrogens (tertiary/aromatic N) is 3. The molecule has 202 valence electrons. The number of benzene rings is 1. The molecule has 0 saturated carbocycles. The Hall–Kier alpha value is -2.60. The lowest BCUT2D eigenvalue weighted by atomic mass is 9.96. The minimum Gasteiger partial charge on any atom is -0.458 e. The molecule has 1 unspecified atom stereocenters. The largest absolute Gasteiger partial charge is 0.458 e. The van der Waals surface area contributed by atoms with Gasteiger partial charge < -0.3 is 28.5 Å². The van der Waals surface area contributed by atoms with E-state index in [9.17, 15) is 14.4 Å². The van der Waals surface area contributed by atoms with Crippen LogP contribution in [-0.2, 0) is 44.7 Å². The number of esters is 2. The van der Waals surface area contributed by atoms with Crippen molar-refractivity contribution in [1.29, 1.82) is 5.41 Å². The number of nitrogens with one attached hydrogen (secondary N) is 1. The smallest absolute Gasteiger partial charge is 0.306 e. The van der Waals surface area contributed by atoms with Crippen molar-refractivity contribution in [2.24, 2.45) is 5.11 Å². The summed E-state index contributed by atoms with van der Waals surface area (Å²) in [5, 5.41) is 11.5. The standard InChI is InChI=1S/C22H25Cl3N4O8/c1-12(30)8-9-16(32)36-18-15(11-33-10-14-6-4-3-5-7-14)35-20(37-21(26)22(23,24)25)17(28-29-27)19(18)34-13(2)31/h3-7,15,17-20,26H,8-11H2,1-2H3/t15-,17-,18-,19-,20?/m1/s1. The van der Waals surface area contributed by atoms with Crippen molar-refractivity contribution in [2.75, 3.05) is 6.61 Å². The Kier molecular flexibility index (Phi) is 11.9. The quantitative estimate of drug-likeness (QED) is 0.0773. The van der Waals surface area contributed by atoms with Crippen molar-refractivity contribution in [3.8, 4) is 0 Å². The van der Waals surface area contributed by atoms with Gasteiger partial charge in [0.25, 0.3) is 3.79 Å². The Balaban J connectivity index is 2.37. The maximum atomic E-state index is 12.5. The molecule has 1 heterocycles. The van der Waals surface area contributed by atoms with Gasteiger partial charge in [0.05, 0.1) is 19.6 Å². The summed E-state index contributed by atoms with van der Waals surface area (Å²) in [6, 6.07) is 7.68. The predicted molar refractivity (Wildman–Crippen MR) is 132 cm³/mol. The minimum atomic E-state index is -2.28. The number of rotatable bonds is 11. The van der Waals surface area contributed by atoms with E-state index >= 15 is 0 Å². The van der Waals surface area contributed by atoms with E-state index in [-0.39, 0.29) is 31.8 Å². The Labute approximate surface area is 227 Å². The fourth-order valence-electron chi connectivity index (χ4n) is 3.31. The van der Waals surface area contributed by atoms with E-state index in [1.54, 1.807) is 0 Å². The van der Waals surface area contributed by atoms with E-state index in [1.807, 2.05) is 30.3 Å². The summed E-state index contributed by atoms with van der Waals surface area (Å²) in [7, 11) is 0. The van der Waals surface area contributed by atoms with Gasteiger partial charge in [-0.15, -0.1) is 0 Å². The second-order valence-electron chi connectivity index (χ2n) is 7.91. The van der Waals surface area contributed by atoms with E-state index in [1.165, 1.54) is 6.92 Å². The summed E-state index contributed by atoms with van der Waals surface area (Å²) in [5.41, 5.74) is 9.97. The molecule has 1 N–H and O–H groups in total. The minimum absolute atomic E-state index is 0.0776. The fourth-order valence-corrected chi connectivity index (χ4v) is 3.45. The van der Waals surface area contributed by atoms with Gasteiger partial charge in [-0.1, -0.05) is 70.2 Å². The van der Waals surface area contributed by atoms with Gasteiger partial charge in [-0.05, 0) is 18.0 Å². The Morgan fingerprint density at radius 1 is 1.08 bits per heavy atom. The summed E-state index contributed by atoms with van der Waals surface area (Å²) in [6.45, 7) is 2.36. The molecule has 12 nitrogen and oxygen atoms in total. The molecule has 1 fully saturated rings.